The van der Waals surface area contributed by atoms with Crippen LogP contribution in [0.15, 0.2) is 0 Å². The van der Waals surface area contributed by atoms with Crippen LogP contribution in [-0.4, -0.2) is 36.5 Å². The Morgan fingerprint density at radius 3 is 2.60 bits per heavy atom. The molecule has 4 N–H and O–H groups in total. The molecule has 2 aliphatic rings. The Morgan fingerprint density at radius 2 is 2.00 bits per heavy atom. The Morgan fingerprint density at radius 1 is 1.27 bits per heavy atom. The van der Waals surface area contributed by atoms with Crippen molar-refractivity contribution in [1.82, 2.24) is 4.90 Å². The SMILES string of the molecule is NC(=O)CN1CC(N)CC(CC2CC2)C1. The summed E-state index contributed by atoms with van der Waals surface area (Å²) in [6.45, 7) is 2.20. The van der Waals surface area contributed by atoms with E-state index in [1.165, 1.54) is 19.3 Å². The first-order chi connectivity index (χ1) is 7.13. The number of likely N-dealkylation sites (tertiary alicyclic amines) is 1. The average Bonchev–Trinajstić information content (AvgIpc) is 2.85. The summed E-state index contributed by atoms with van der Waals surface area (Å²) in [4.78, 5) is 13.0. The highest BCUT2D eigenvalue weighted by atomic mass is 16.1. The van der Waals surface area contributed by atoms with Crippen LogP contribution in [0.5, 0.6) is 0 Å². The fourth-order valence-electron chi connectivity index (χ4n) is 2.69. The standard InChI is InChI=1S/C11H21N3O/c12-10-4-9(3-8-1-2-8)5-14(6-10)7-11(13)15/h8-10H,1-7,12H2,(H2,13,15). The van der Waals surface area contributed by atoms with Crippen LogP contribution in [0.3, 0.4) is 0 Å². The molecule has 1 saturated carbocycles. The van der Waals surface area contributed by atoms with Gasteiger partial charge in [-0.2, -0.15) is 0 Å². The summed E-state index contributed by atoms with van der Waals surface area (Å²) in [5.74, 6) is 1.38. The lowest BCUT2D eigenvalue weighted by Gasteiger charge is -2.35. The van der Waals surface area contributed by atoms with Gasteiger partial charge in [-0.05, 0) is 24.7 Å². The zero-order valence-corrected chi connectivity index (χ0v) is 9.19. The van der Waals surface area contributed by atoms with Gasteiger partial charge >= 0.3 is 0 Å². The normalized spacial score (nSPS) is 32.9. The first kappa shape index (κ1) is 10.9. The molecular formula is C11H21N3O. The summed E-state index contributed by atoms with van der Waals surface area (Å²) in [7, 11) is 0. The van der Waals surface area contributed by atoms with Crippen molar-refractivity contribution in [2.45, 2.75) is 31.7 Å². The van der Waals surface area contributed by atoms with Gasteiger partial charge < -0.3 is 11.5 Å². The van der Waals surface area contributed by atoms with E-state index in [-0.39, 0.29) is 11.9 Å². The topological polar surface area (TPSA) is 72.4 Å². The molecule has 4 nitrogen and oxygen atoms in total. The molecule has 0 spiro atoms. The smallest absolute Gasteiger partial charge is 0.231 e. The van der Waals surface area contributed by atoms with Gasteiger partial charge in [0.05, 0.1) is 6.54 Å². The quantitative estimate of drug-likeness (QED) is 0.683. The first-order valence-corrected chi connectivity index (χ1v) is 5.89. The van der Waals surface area contributed by atoms with Gasteiger partial charge in [0.2, 0.25) is 5.91 Å². The number of nitrogens with two attached hydrogens (primary N) is 2. The van der Waals surface area contributed by atoms with E-state index < -0.39 is 0 Å². The van der Waals surface area contributed by atoms with Gasteiger partial charge in [0.1, 0.15) is 0 Å². The van der Waals surface area contributed by atoms with Crippen molar-refractivity contribution >= 4 is 5.91 Å². The van der Waals surface area contributed by atoms with E-state index in [1.807, 2.05) is 0 Å². The minimum atomic E-state index is -0.241. The lowest BCUT2D eigenvalue weighted by atomic mass is 9.90. The first-order valence-electron chi connectivity index (χ1n) is 5.89. The number of amides is 1. The van der Waals surface area contributed by atoms with Crippen LogP contribution in [0.4, 0.5) is 0 Å². The van der Waals surface area contributed by atoms with Crippen molar-refractivity contribution in [1.29, 1.82) is 0 Å². The fraction of sp³-hybridized carbons (Fsp3) is 0.909. The van der Waals surface area contributed by atoms with Crippen molar-refractivity contribution in [2.24, 2.45) is 23.3 Å². The molecule has 2 atom stereocenters. The van der Waals surface area contributed by atoms with E-state index in [0.717, 1.165) is 25.4 Å². The molecule has 2 unspecified atom stereocenters. The third-order valence-electron chi connectivity index (χ3n) is 3.39. The van der Waals surface area contributed by atoms with E-state index >= 15 is 0 Å². The second-order valence-electron chi connectivity index (χ2n) is 5.20. The molecule has 86 valence electrons. The molecule has 4 heteroatoms. The zero-order valence-electron chi connectivity index (χ0n) is 9.19. The van der Waals surface area contributed by atoms with Gasteiger partial charge in [0.15, 0.2) is 0 Å². The van der Waals surface area contributed by atoms with Crippen LogP contribution in [-0.2, 0) is 4.79 Å². The predicted molar refractivity (Wildman–Crippen MR) is 59.1 cm³/mol. The number of primary amides is 1. The van der Waals surface area contributed by atoms with Crippen molar-refractivity contribution in [3.05, 3.63) is 0 Å². The molecule has 15 heavy (non-hydrogen) atoms. The second-order valence-corrected chi connectivity index (χ2v) is 5.20. The van der Waals surface area contributed by atoms with Gasteiger partial charge in [-0.3, -0.25) is 9.69 Å². The van der Waals surface area contributed by atoms with Crippen LogP contribution in [0.2, 0.25) is 0 Å². The molecule has 0 bridgehead atoms. The second kappa shape index (κ2) is 4.49. The lowest BCUT2D eigenvalue weighted by Crippen LogP contribution is -2.49. The predicted octanol–water partition coefficient (Wildman–Crippen LogP) is -0.0790. The van der Waals surface area contributed by atoms with Crippen molar-refractivity contribution in [3.63, 3.8) is 0 Å². The third-order valence-corrected chi connectivity index (χ3v) is 3.39. The van der Waals surface area contributed by atoms with Crippen LogP contribution in [0, 0.1) is 11.8 Å². The Labute approximate surface area is 91.0 Å². The number of piperidine rings is 1. The van der Waals surface area contributed by atoms with Crippen molar-refractivity contribution < 1.29 is 4.79 Å². The lowest BCUT2D eigenvalue weighted by molar-refractivity contribution is -0.119. The van der Waals surface area contributed by atoms with Gasteiger partial charge in [-0.25, -0.2) is 0 Å². The molecule has 1 aliphatic carbocycles. The highest BCUT2D eigenvalue weighted by Crippen LogP contribution is 2.37. The molecule has 0 aromatic rings. The zero-order chi connectivity index (χ0) is 10.8. The number of carbonyl (C=O) groups excluding carboxylic acids is 1. The van der Waals surface area contributed by atoms with Gasteiger partial charge in [-0.1, -0.05) is 12.8 Å². The molecule has 0 aromatic heterocycles. The van der Waals surface area contributed by atoms with Crippen molar-refractivity contribution in [2.75, 3.05) is 19.6 Å². The molecule has 2 rings (SSSR count). The van der Waals surface area contributed by atoms with Crippen LogP contribution in [0.25, 0.3) is 0 Å². The molecular weight excluding hydrogens is 190 g/mol. The highest BCUT2D eigenvalue weighted by Gasteiger charge is 2.31. The summed E-state index contributed by atoms with van der Waals surface area (Å²) >= 11 is 0. The molecule has 1 saturated heterocycles. The molecule has 0 aromatic carbocycles. The van der Waals surface area contributed by atoms with Crippen molar-refractivity contribution in [3.8, 4) is 0 Å². The summed E-state index contributed by atoms with van der Waals surface area (Å²) in [5, 5.41) is 0. The molecule has 1 aliphatic heterocycles. The third kappa shape index (κ3) is 3.47. The maximum Gasteiger partial charge on any atom is 0.231 e. The summed E-state index contributed by atoms with van der Waals surface area (Å²) in [6.07, 6.45) is 5.19. The number of carbonyl (C=O) groups is 1. The van der Waals surface area contributed by atoms with E-state index in [9.17, 15) is 4.79 Å². The van der Waals surface area contributed by atoms with Gasteiger partial charge in [0, 0.05) is 19.1 Å². The number of hydrogen-bond donors (Lipinski definition) is 2. The fourth-order valence-corrected chi connectivity index (χ4v) is 2.69. The Kier molecular flexibility index (Phi) is 3.26. The van der Waals surface area contributed by atoms with E-state index in [2.05, 4.69) is 4.90 Å². The van der Waals surface area contributed by atoms with Gasteiger partial charge in [0.25, 0.3) is 0 Å². The van der Waals surface area contributed by atoms with E-state index in [4.69, 9.17) is 11.5 Å². The Bertz CT molecular complexity index is 238. The maximum atomic E-state index is 10.9. The number of rotatable bonds is 4. The molecule has 1 heterocycles. The van der Waals surface area contributed by atoms with E-state index in [1.54, 1.807) is 0 Å². The van der Waals surface area contributed by atoms with Crippen LogP contribution < -0.4 is 11.5 Å². The number of nitrogens with zero attached hydrogens (tertiary/aromatic N) is 1. The average molecular weight is 211 g/mol. The minimum absolute atomic E-state index is 0.224. The maximum absolute atomic E-state index is 10.9. The Hall–Kier alpha value is -0.610. The molecule has 0 radical (unpaired) electrons. The minimum Gasteiger partial charge on any atom is -0.369 e. The summed E-state index contributed by atoms with van der Waals surface area (Å²) in [6, 6.07) is 0.224. The highest BCUT2D eigenvalue weighted by molar-refractivity contribution is 5.75. The largest absolute Gasteiger partial charge is 0.369 e. The summed E-state index contributed by atoms with van der Waals surface area (Å²) in [5.41, 5.74) is 11.2. The molecule has 2 fully saturated rings. The number of hydrogen-bond acceptors (Lipinski definition) is 3. The van der Waals surface area contributed by atoms with E-state index in [0.29, 0.717) is 12.5 Å². The molecule has 1 amide bonds. The summed E-state index contributed by atoms with van der Waals surface area (Å²) < 4.78 is 0. The van der Waals surface area contributed by atoms with Gasteiger partial charge in [-0.15, -0.1) is 0 Å². The van der Waals surface area contributed by atoms with Crippen LogP contribution in [0.1, 0.15) is 25.7 Å². The Balaban J connectivity index is 1.82. The van der Waals surface area contributed by atoms with Crippen LogP contribution >= 0.6 is 0 Å². The monoisotopic (exact) mass is 211 g/mol.